The zero-order chi connectivity index (χ0) is 22.9. The second-order valence-electron chi connectivity index (χ2n) is 7.82. The van der Waals surface area contributed by atoms with E-state index in [-0.39, 0.29) is 28.6 Å². The minimum atomic E-state index is -0.512. The Morgan fingerprint density at radius 2 is 2.06 bits per heavy atom. The number of non-ortho nitro benzene ring substituents is 1. The molecule has 1 saturated heterocycles. The summed E-state index contributed by atoms with van der Waals surface area (Å²) < 4.78 is 14.0. The Hall–Kier alpha value is -3.83. The Balaban J connectivity index is 1.51. The zero-order valence-electron chi connectivity index (χ0n) is 17.5. The number of piperazine rings is 1. The third kappa shape index (κ3) is 4.03. The van der Waals surface area contributed by atoms with Crippen LogP contribution in [0.4, 0.5) is 15.8 Å². The zero-order valence-corrected chi connectivity index (χ0v) is 17.5. The lowest BCUT2D eigenvalue weighted by molar-refractivity contribution is -0.384. The van der Waals surface area contributed by atoms with E-state index in [4.69, 9.17) is 4.84 Å². The third-order valence-corrected chi connectivity index (χ3v) is 5.74. The van der Waals surface area contributed by atoms with E-state index in [1.54, 1.807) is 0 Å². The van der Waals surface area contributed by atoms with Gasteiger partial charge in [-0.15, -0.1) is 0 Å². The van der Waals surface area contributed by atoms with Crippen LogP contribution in [-0.4, -0.2) is 70.7 Å². The highest BCUT2D eigenvalue weighted by atomic mass is 19.1. The van der Waals surface area contributed by atoms with Crippen LogP contribution in [0.3, 0.4) is 0 Å². The van der Waals surface area contributed by atoms with Gasteiger partial charge in [0.25, 0.3) is 5.69 Å². The molecule has 0 unspecified atom stereocenters. The number of hydrogen-bond donors (Lipinski definition) is 3. The molecule has 11 heteroatoms. The van der Waals surface area contributed by atoms with Crippen LogP contribution in [0.2, 0.25) is 0 Å². The molecule has 3 heterocycles. The normalized spacial score (nSPS) is 17.4. The molecule has 2 aromatic carbocycles. The van der Waals surface area contributed by atoms with Crippen molar-refractivity contribution in [1.82, 2.24) is 15.2 Å². The van der Waals surface area contributed by atoms with Crippen LogP contribution in [0, 0.1) is 15.9 Å². The number of aromatic nitrogens is 1. The molecule has 33 heavy (non-hydrogen) atoms. The van der Waals surface area contributed by atoms with Crippen LogP contribution >= 0.6 is 0 Å². The number of nitro groups is 1. The van der Waals surface area contributed by atoms with Crippen molar-refractivity contribution in [3.05, 3.63) is 63.5 Å². The second kappa shape index (κ2) is 8.60. The summed E-state index contributed by atoms with van der Waals surface area (Å²) in [6, 6.07) is 8.32. The number of oxime groups is 1. The van der Waals surface area contributed by atoms with Crippen LogP contribution in [-0.2, 0) is 4.84 Å². The van der Waals surface area contributed by atoms with E-state index in [0.29, 0.717) is 35.3 Å². The first kappa shape index (κ1) is 21.0. The van der Waals surface area contributed by atoms with Crippen LogP contribution in [0.15, 0.2) is 46.5 Å². The summed E-state index contributed by atoms with van der Waals surface area (Å²) in [7, 11) is 0. The molecule has 10 nitrogen and oxygen atoms in total. The fraction of sp³-hybridized carbons (Fsp3) is 0.273. The predicted molar refractivity (Wildman–Crippen MR) is 121 cm³/mol. The van der Waals surface area contributed by atoms with Crippen molar-refractivity contribution in [2.75, 3.05) is 39.3 Å². The van der Waals surface area contributed by atoms with Gasteiger partial charge in [-0.2, -0.15) is 0 Å². The molecular weight excluding hydrogens is 431 g/mol. The van der Waals surface area contributed by atoms with Crippen molar-refractivity contribution in [1.29, 1.82) is 0 Å². The summed E-state index contributed by atoms with van der Waals surface area (Å²) in [6.45, 7) is 4.69. The first-order valence-corrected chi connectivity index (χ1v) is 10.5. The maximum Gasteiger partial charge on any atom is 0.270 e. The smallest absolute Gasteiger partial charge is 0.270 e. The molecule has 0 spiro atoms. The van der Waals surface area contributed by atoms with E-state index in [9.17, 15) is 19.6 Å². The molecule has 3 aromatic rings. The van der Waals surface area contributed by atoms with Gasteiger partial charge < -0.3 is 20.2 Å². The third-order valence-electron chi connectivity index (χ3n) is 5.74. The Kier molecular flexibility index (Phi) is 5.48. The number of benzene rings is 2. The largest absolute Gasteiger partial charge is 0.494 e. The molecule has 0 atom stereocenters. The van der Waals surface area contributed by atoms with Crippen LogP contribution in [0.5, 0.6) is 5.88 Å². The van der Waals surface area contributed by atoms with Gasteiger partial charge in [-0.3, -0.25) is 15.0 Å². The van der Waals surface area contributed by atoms with Crippen molar-refractivity contribution in [2.24, 2.45) is 10.1 Å². The fourth-order valence-electron chi connectivity index (χ4n) is 4.10. The van der Waals surface area contributed by atoms with E-state index in [2.05, 4.69) is 25.3 Å². The van der Waals surface area contributed by atoms with Gasteiger partial charge in [0.05, 0.1) is 16.2 Å². The number of hydrogen-bond acceptors (Lipinski definition) is 8. The molecule has 1 aromatic heterocycles. The average molecular weight is 452 g/mol. The number of rotatable bonds is 6. The summed E-state index contributed by atoms with van der Waals surface area (Å²) >= 11 is 0. The minimum absolute atomic E-state index is 0.129. The molecular formula is C22H21FN6O4. The highest BCUT2D eigenvalue weighted by molar-refractivity contribution is 6.58. The summed E-state index contributed by atoms with van der Waals surface area (Å²) in [6.07, 6.45) is 0. The van der Waals surface area contributed by atoms with Crippen LogP contribution < -0.4 is 5.32 Å². The molecule has 0 bridgehead atoms. The predicted octanol–water partition coefficient (Wildman–Crippen LogP) is 2.68. The molecule has 170 valence electrons. The van der Waals surface area contributed by atoms with E-state index in [1.165, 1.54) is 36.4 Å². The lowest BCUT2D eigenvalue weighted by Crippen LogP contribution is -2.44. The van der Waals surface area contributed by atoms with Gasteiger partial charge in [0.1, 0.15) is 23.8 Å². The van der Waals surface area contributed by atoms with E-state index >= 15 is 0 Å². The summed E-state index contributed by atoms with van der Waals surface area (Å²) in [5.74, 6) is -0.677. The minimum Gasteiger partial charge on any atom is -0.494 e. The lowest BCUT2D eigenvalue weighted by atomic mass is 10.0. The number of aromatic amines is 1. The van der Waals surface area contributed by atoms with Crippen molar-refractivity contribution >= 4 is 33.7 Å². The number of aliphatic imine (C=N–C) groups is 1. The maximum absolute atomic E-state index is 14.0. The number of fused-ring (bicyclic) bond motifs is 2. The quantitative estimate of drug-likeness (QED) is 0.300. The fourth-order valence-corrected chi connectivity index (χ4v) is 4.10. The summed E-state index contributed by atoms with van der Waals surface area (Å²) in [4.78, 5) is 25.9. The number of H-pyrrole nitrogens is 1. The molecule has 5 rings (SSSR count). The monoisotopic (exact) mass is 452 g/mol. The van der Waals surface area contributed by atoms with Gasteiger partial charge in [-0.05, 0) is 24.3 Å². The molecule has 3 N–H and O–H groups in total. The van der Waals surface area contributed by atoms with Crippen LogP contribution in [0.25, 0.3) is 10.9 Å². The number of halogens is 1. The Morgan fingerprint density at radius 3 is 2.85 bits per heavy atom. The number of aromatic hydroxyl groups is 1. The number of nitrogens with zero attached hydrogens (tertiary/aromatic N) is 4. The summed E-state index contributed by atoms with van der Waals surface area (Å²) in [5, 5.41) is 29.9. The lowest BCUT2D eigenvalue weighted by Gasteiger charge is -2.26. The molecule has 2 aliphatic rings. The molecule has 0 aliphatic carbocycles. The van der Waals surface area contributed by atoms with Crippen LogP contribution in [0.1, 0.15) is 11.1 Å². The average Bonchev–Trinajstić information content (AvgIpc) is 3.32. The van der Waals surface area contributed by atoms with Crippen molar-refractivity contribution < 1.29 is 19.3 Å². The van der Waals surface area contributed by atoms with Crippen molar-refractivity contribution in [3.63, 3.8) is 0 Å². The summed E-state index contributed by atoms with van der Waals surface area (Å²) in [5.41, 5.74) is 2.01. The Bertz CT molecular complexity index is 1300. The van der Waals surface area contributed by atoms with Gasteiger partial charge in [0.2, 0.25) is 0 Å². The maximum atomic E-state index is 14.0. The molecule has 2 aliphatic heterocycles. The van der Waals surface area contributed by atoms with Gasteiger partial charge >= 0.3 is 0 Å². The molecule has 0 radical (unpaired) electrons. The highest BCUT2D eigenvalue weighted by Crippen LogP contribution is 2.37. The number of nitrogens with one attached hydrogen (secondary N) is 2. The van der Waals surface area contributed by atoms with Gasteiger partial charge in [-0.1, -0.05) is 5.16 Å². The van der Waals surface area contributed by atoms with Gasteiger partial charge in [0.15, 0.2) is 5.88 Å². The van der Waals surface area contributed by atoms with Gasteiger partial charge in [-0.25, -0.2) is 9.38 Å². The van der Waals surface area contributed by atoms with E-state index in [0.717, 1.165) is 26.2 Å². The molecule has 1 fully saturated rings. The molecule has 0 amide bonds. The Labute approximate surface area is 187 Å². The second-order valence-corrected chi connectivity index (χ2v) is 7.82. The van der Waals surface area contributed by atoms with E-state index < -0.39 is 10.7 Å². The first-order valence-electron chi connectivity index (χ1n) is 10.5. The SMILES string of the molecule is O=[N+]([O-])c1ccc2[nH]c(O)c(C3=Nc4ccc(F)cc4/C3=N\OCCN3CCNCC3)c2c1. The van der Waals surface area contributed by atoms with Gasteiger partial charge in [0, 0.05) is 61.3 Å². The van der Waals surface area contributed by atoms with Crippen molar-refractivity contribution in [2.45, 2.75) is 0 Å². The van der Waals surface area contributed by atoms with E-state index in [1.807, 2.05) is 0 Å². The van der Waals surface area contributed by atoms with Crippen molar-refractivity contribution in [3.8, 4) is 5.88 Å². The molecule has 0 saturated carbocycles. The topological polar surface area (TPSA) is 128 Å². The number of nitro benzene ring substituents is 1. The first-order chi connectivity index (χ1) is 16.0. The highest BCUT2D eigenvalue weighted by Gasteiger charge is 2.30. The Morgan fingerprint density at radius 1 is 1.24 bits per heavy atom. The standard InChI is InChI=1S/C22H21FN6O4/c23-13-1-3-18-16(11-13)20(27-33-10-9-28-7-5-24-6-8-28)21(25-18)19-15-12-14(29(31)32)2-4-17(15)26-22(19)30/h1-4,11-12,24,26,30H,5-10H2/b27-20+.